The third-order valence-corrected chi connectivity index (χ3v) is 6.83. The SMILES string of the molecule is Cc1ccc(S(=O)(=O)CNC(=O)[C@H]2c3ccccc3C(=O)N2Cc2ccccc2)cc1. The lowest BCUT2D eigenvalue weighted by atomic mass is 10.0. The molecule has 6 nitrogen and oxygen atoms in total. The lowest BCUT2D eigenvalue weighted by Gasteiger charge is -2.24. The molecule has 0 fully saturated rings. The first kappa shape index (κ1) is 20.8. The van der Waals surface area contributed by atoms with E-state index in [1.165, 1.54) is 17.0 Å². The van der Waals surface area contributed by atoms with Gasteiger partial charge in [0.15, 0.2) is 9.84 Å². The van der Waals surface area contributed by atoms with Crippen LogP contribution in [0.3, 0.4) is 0 Å². The summed E-state index contributed by atoms with van der Waals surface area (Å²) in [6.07, 6.45) is 0. The van der Waals surface area contributed by atoms with Gasteiger partial charge in [0.1, 0.15) is 11.9 Å². The van der Waals surface area contributed by atoms with Crippen molar-refractivity contribution in [1.82, 2.24) is 10.2 Å². The van der Waals surface area contributed by atoms with Gasteiger partial charge in [0, 0.05) is 12.1 Å². The first-order valence-electron chi connectivity index (χ1n) is 9.88. The van der Waals surface area contributed by atoms with Crippen molar-refractivity contribution >= 4 is 21.7 Å². The molecule has 0 bridgehead atoms. The number of aryl methyl sites for hydroxylation is 1. The van der Waals surface area contributed by atoms with Gasteiger partial charge in [-0.05, 0) is 36.2 Å². The highest BCUT2D eigenvalue weighted by Crippen LogP contribution is 2.35. The summed E-state index contributed by atoms with van der Waals surface area (Å²) >= 11 is 0. The van der Waals surface area contributed by atoms with Gasteiger partial charge in [-0.2, -0.15) is 0 Å². The maximum absolute atomic E-state index is 13.1. The van der Waals surface area contributed by atoms with Gasteiger partial charge >= 0.3 is 0 Å². The van der Waals surface area contributed by atoms with Crippen molar-refractivity contribution in [3.05, 3.63) is 101 Å². The molecule has 31 heavy (non-hydrogen) atoms. The zero-order valence-electron chi connectivity index (χ0n) is 17.0. The molecule has 2 amide bonds. The largest absolute Gasteiger partial charge is 0.340 e. The summed E-state index contributed by atoms with van der Waals surface area (Å²) in [6.45, 7) is 2.12. The van der Waals surface area contributed by atoms with E-state index in [0.717, 1.165) is 11.1 Å². The fourth-order valence-corrected chi connectivity index (χ4v) is 4.74. The first-order valence-corrected chi connectivity index (χ1v) is 11.5. The Kier molecular flexibility index (Phi) is 5.61. The van der Waals surface area contributed by atoms with E-state index in [0.29, 0.717) is 11.1 Å². The van der Waals surface area contributed by atoms with Gasteiger partial charge in [0.25, 0.3) is 5.91 Å². The Morgan fingerprint density at radius 3 is 2.29 bits per heavy atom. The van der Waals surface area contributed by atoms with Crippen LogP contribution in [0, 0.1) is 6.92 Å². The van der Waals surface area contributed by atoms with Crippen molar-refractivity contribution in [3.8, 4) is 0 Å². The Morgan fingerprint density at radius 1 is 0.935 bits per heavy atom. The van der Waals surface area contributed by atoms with Crippen molar-refractivity contribution in [2.45, 2.75) is 24.4 Å². The van der Waals surface area contributed by atoms with E-state index in [-0.39, 0.29) is 17.3 Å². The number of amides is 2. The lowest BCUT2D eigenvalue weighted by Crippen LogP contribution is -2.40. The number of hydrogen-bond donors (Lipinski definition) is 1. The van der Waals surface area contributed by atoms with Crippen molar-refractivity contribution in [2.75, 3.05) is 5.88 Å². The molecule has 0 radical (unpaired) electrons. The van der Waals surface area contributed by atoms with E-state index in [1.54, 1.807) is 36.4 Å². The van der Waals surface area contributed by atoms with Crippen LogP contribution in [0.5, 0.6) is 0 Å². The van der Waals surface area contributed by atoms with Crippen molar-refractivity contribution in [1.29, 1.82) is 0 Å². The first-order chi connectivity index (χ1) is 14.9. The normalized spacial score (nSPS) is 15.6. The number of benzene rings is 3. The van der Waals surface area contributed by atoms with Gasteiger partial charge in [0.05, 0.1) is 4.90 Å². The fraction of sp³-hybridized carbons (Fsp3) is 0.167. The summed E-state index contributed by atoms with van der Waals surface area (Å²) < 4.78 is 25.3. The van der Waals surface area contributed by atoms with Crippen LogP contribution in [0.25, 0.3) is 0 Å². The molecular weight excluding hydrogens is 412 g/mol. The summed E-state index contributed by atoms with van der Waals surface area (Å²) in [5.74, 6) is -1.31. The van der Waals surface area contributed by atoms with Crippen LogP contribution in [0.15, 0.2) is 83.8 Å². The van der Waals surface area contributed by atoms with Gasteiger partial charge in [0.2, 0.25) is 5.91 Å². The molecule has 0 saturated heterocycles. The number of fused-ring (bicyclic) bond motifs is 1. The van der Waals surface area contributed by atoms with Gasteiger partial charge in [-0.15, -0.1) is 0 Å². The van der Waals surface area contributed by atoms with E-state index in [1.807, 2.05) is 37.3 Å². The number of rotatable bonds is 6. The second kappa shape index (κ2) is 8.35. The molecule has 4 rings (SSSR count). The van der Waals surface area contributed by atoms with Gasteiger partial charge in [-0.25, -0.2) is 8.42 Å². The van der Waals surface area contributed by atoms with Crippen molar-refractivity contribution in [2.24, 2.45) is 0 Å². The maximum Gasteiger partial charge on any atom is 0.255 e. The molecule has 0 aromatic heterocycles. The number of nitrogens with zero attached hydrogens (tertiary/aromatic N) is 1. The summed E-state index contributed by atoms with van der Waals surface area (Å²) in [6, 6.07) is 21.9. The van der Waals surface area contributed by atoms with E-state index in [9.17, 15) is 18.0 Å². The molecule has 0 unspecified atom stereocenters. The molecule has 1 N–H and O–H groups in total. The monoisotopic (exact) mass is 434 g/mol. The molecule has 3 aromatic carbocycles. The van der Waals surface area contributed by atoms with Crippen LogP contribution < -0.4 is 5.32 Å². The van der Waals surface area contributed by atoms with Crippen LogP contribution in [0.1, 0.15) is 33.1 Å². The fourth-order valence-electron chi connectivity index (χ4n) is 3.69. The Morgan fingerprint density at radius 2 is 1.58 bits per heavy atom. The van der Waals surface area contributed by atoms with Crippen LogP contribution in [0.2, 0.25) is 0 Å². The van der Waals surface area contributed by atoms with Crippen LogP contribution in [0.4, 0.5) is 0 Å². The molecule has 0 saturated carbocycles. The van der Waals surface area contributed by atoms with Gasteiger partial charge in [-0.3, -0.25) is 9.59 Å². The number of carbonyl (C=O) groups excluding carboxylic acids is 2. The van der Waals surface area contributed by atoms with Crippen LogP contribution >= 0.6 is 0 Å². The molecule has 0 spiro atoms. The highest BCUT2D eigenvalue weighted by Gasteiger charge is 2.41. The zero-order chi connectivity index (χ0) is 22.0. The number of carbonyl (C=O) groups is 2. The average Bonchev–Trinajstić information content (AvgIpc) is 3.05. The molecule has 158 valence electrons. The van der Waals surface area contributed by atoms with Gasteiger partial charge < -0.3 is 10.2 Å². The maximum atomic E-state index is 13.1. The van der Waals surface area contributed by atoms with E-state index >= 15 is 0 Å². The standard InChI is InChI=1S/C24H22N2O4S/c1-17-11-13-19(14-12-17)31(29,30)16-25-23(27)22-20-9-5-6-10-21(20)24(28)26(22)15-18-7-3-2-4-8-18/h2-14,22H,15-16H2,1H3,(H,25,27)/t22-/m1/s1. The van der Waals surface area contributed by atoms with Crippen LogP contribution in [-0.2, 0) is 21.2 Å². The third-order valence-electron chi connectivity index (χ3n) is 5.32. The smallest absolute Gasteiger partial charge is 0.255 e. The molecule has 1 heterocycles. The molecule has 7 heteroatoms. The molecular formula is C24H22N2O4S. The minimum absolute atomic E-state index is 0.141. The minimum Gasteiger partial charge on any atom is -0.340 e. The highest BCUT2D eigenvalue weighted by atomic mass is 32.2. The molecule has 1 aliphatic rings. The summed E-state index contributed by atoms with van der Waals surface area (Å²) in [5.41, 5.74) is 2.86. The van der Waals surface area contributed by atoms with E-state index in [2.05, 4.69) is 5.32 Å². The Hall–Kier alpha value is -3.45. The number of sulfone groups is 1. The van der Waals surface area contributed by atoms with E-state index < -0.39 is 27.7 Å². The Balaban J connectivity index is 1.58. The summed E-state index contributed by atoms with van der Waals surface area (Å²) in [7, 11) is -3.70. The predicted molar refractivity (Wildman–Crippen MR) is 117 cm³/mol. The quantitative estimate of drug-likeness (QED) is 0.646. The number of nitrogens with one attached hydrogen (secondary N) is 1. The molecule has 3 aromatic rings. The van der Waals surface area contributed by atoms with Crippen molar-refractivity contribution in [3.63, 3.8) is 0 Å². The topological polar surface area (TPSA) is 83.5 Å². The summed E-state index contributed by atoms with van der Waals surface area (Å²) in [5, 5.41) is 2.53. The Labute approximate surface area is 181 Å². The second-order valence-corrected chi connectivity index (χ2v) is 9.51. The lowest BCUT2D eigenvalue weighted by molar-refractivity contribution is -0.125. The minimum atomic E-state index is -3.70. The van der Waals surface area contributed by atoms with Crippen LogP contribution in [-0.4, -0.2) is 31.0 Å². The molecule has 1 aliphatic heterocycles. The average molecular weight is 435 g/mol. The summed E-state index contributed by atoms with van der Waals surface area (Å²) in [4.78, 5) is 27.7. The number of hydrogen-bond acceptors (Lipinski definition) is 4. The second-order valence-electron chi connectivity index (χ2n) is 7.52. The molecule has 0 aliphatic carbocycles. The van der Waals surface area contributed by atoms with E-state index in [4.69, 9.17) is 0 Å². The Bertz CT molecular complexity index is 1220. The predicted octanol–water partition coefficient (Wildman–Crippen LogP) is 3.24. The third kappa shape index (κ3) is 4.22. The molecule has 1 atom stereocenters. The highest BCUT2D eigenvalue weighted by molar-refractivity contribution is 7.91. The zero-order valence-corrected chi connectivity index (χ0v) is 17.8. The van der Waals surface area contributed by atoms with Crippen molar-refractivity contribution < 1.29 is 18.0 Å². The van der Waals surface area contributed by atoms with Gasteiger partial charge in [-0.1, -0.05) is 66.2 Å².